The average molecular weight is 370 g/mol. The number of carboxylic acid groups (broad SMARTS) is 2. The van der Waals surface area contributed by atoms with Gasteiger partial charge in [0.25, 0.3) is 0 Å². The summed E-state index contributed by atoms with van der Waals surface area (Å²) in [4.78, 5) is 22.2. The number of ether oxygens (including phenoxy) is 3. The van der Waals surface area contributed by atoms with E-state index >= 15 is 0 Å². The maximum atomic E-state index is 11.2. The topological polar surface area (TPSA) is 224 Å². The maximum Gasteiger partial charge on any atom is 0.335 e. The number of hydrogen-bond acceptors (Lipinski definition) is 11. The lowest BCUT2D eigenvalue weighted by Crippen LogP contribution is -2.65. The molecule has 2 fully saturated rings. The SMILES string of the molecule is O=C(O)[C@H]1O[C@@H](O[C@H]2[C@H](O)[C@H](O)C(O)O[C@@H]2C(=O)O)[C@@H](O)[C@@H](O)[C@@H]1O. The van der Waals surface area contributed by atoms with Crippen molar-refractivity contribution in [2.75, 3.05) is 0 Å². The van der Waals surface area contributed by atoms with E-state index < -0.39 is 73.4 Å². The highest BCUT2D eigenvalue weighted by Gasteiger charge is 2.53. The van der Waals surface area contributed by atoms with Crippen LogP contribution in [0.15, 0.2) is 0 Å². The predicted molar refractivity (Wildman–Crippen MR) is 69.7 cm³/mol. The predicted octanol–water partition coefficient (Wildman–Crippen LogP) is -5.21. The second-order valence-corrected chi connectivity index (χ2v) is 5.60. The van der Waals surface area contributed by atoms with Crippen LogP contribution in [-0.2, 0) is 23.8 Å². The van der Waals surface area contributed by atoms with Gasteiger partial charge in [0.15, 0.2) is 24.8 Å². The summed E-state index contributed by atoms with van der Waals surface area (Å²) in [6.07, 6.45) is -19.9. The molecule has 25 heavy (non-hydrogen) atoms. The van der Waals surface area contributed by atoms with Crippen LogP contribution < -0.4 is 0 Å². The van der Waals surface area contributed by atoms with Gasteiger partial charge in [-0.1, -0.05) is 0 Å². The van der Waals surface area contributed by atoms with E-state index in [1.54, 1.807) is 0 Å². The summed E-state index contributed by atoms with van der Waals surface area (Å²) in [5, 5.41) is 75.9. The number of aliphatic carboxylic acids is 2. The molecule has 144 valence electrons. The van der Waals surface area contributed by atoms with Crippen molar-refractivity contribution >= 4 is 11.9 Å². The Balaban J connectivity index is 2.22. The molecule has 0 amide bonds. The van der Waals surface area contributed by atoms with Crippen LogP contribution in [0.2, 0.25) is 0 Å². The third-order valence-corrected chi connectivity index (χ3v) is 3.91. The summed E-state index contributed by atoms with van der Waals surface area (Å²) in [6, 6.07) is 0. The number of rotatable bonds is 4. The molecule has 0 radical (unpaired) electrons. The summed E-state index contributed by atoms with van der Waals surface area (Å²) < 4.78 is 14.4. The first-order valence-corrected chi connectivity index (χ1v) is 7.06. The van der Waals surface area contributed by atoms with Gasteiger partial charge in [0.05, 0.1) is 0 Å². The number of carbonyl (C=O) groups is 2. The van der Waals surface area contributed by atoms with Crippen LogP contribution in [0.25, 0.3) is 0 Å². The average Bonchev–Trinajstić information content (AvgIpc) is 2.54. The molecule has 10 atom stereocenters. The van der Waals surface area contributed by atoms with E-state index in [4.69, 9.17) is 19.7 Å². The quantitative estimate of drug-likeness (QED) is 0.232. The normalized spacial score (nSPS) is 48.1. The molecule has 2 rings (SSSR count). The monoisotopic (exact) mass is 370 g/mol. The van der Waals surface area contributed by atoms with E-state index in [0.29, 0.717) is 0 Å². The van der Waals surface area contributed by atoms with Crippen molar-refractivity contribution in [1.82, 2.24) is 0 Å². The van der Waals surface area contributed by atoms with E-state index in [2.05, 4.69) is 4.74 Å². The number of carboxylic acids is 2. The van der Waals surface area contributed by atoms with Crippen LogP contribution in [0.1, 0.15) is 0 Å². The lowest BCUT2D eigenvalue weighted by atomic mass is 9.96. The zero-order valence-corrected chi connectivity index (χ0v) is 12.4. The van der Waals surface area contributed by atoms with Crippen LogP contribution in [0.3, 0.4) is 0 Å². The van der Waals surface area contributed by atoms with Crippen molar-refractivity contribution in [3.05, 3.63) is 0 Å². The molecule has 0 saturated carbocycles. The molecule has 0 spiro atoms. The Morgan fingerprint density at radius 3 is 1.76 bits per heavy atom. The van der Waals surface area contributed by atoms with Crippen LogP contribution in [0.4, 0.5) is 0 Å². The zero-order valence-electron chi connectivity index (χ0n) is 12.4. The molecule has 1 unspecified atom stereocenters. The fourth-order valence-electron chi connectivity index (χ4n) is 2.52. The number of hydrogen-bond donors (Lipinski definition) is 8. The van der Waals surface area contributed by atoms with Gasteiger partial charge in [-0.05, 0) is 0 Å². The summed E-state index contributed by atoms with van der Waals surface area (Å²) in [5.41, 5.74) is 0. The molecule has 13 heteroatoms. The Labute approximate surface area is 139 Å². The van der Waals surface area contributed by atoms with Crippen LogP contribution in [0.5, 0.6) is 0 Å². The molecule has 2 aliphatic rings. The van der Waals surface area contributed by atoms with Gasteiger partial charge >= 0.3 is 11.9 Å². The second kappa shape index (κ2) is 7.45. The number of aliphatic hydroxyl groups excluding tert-OH is 6. The first-order chi connectivity index (χ1) is 11.6. The molecule has 0 aromatic rings. The zero-order chi connectivity index (χ0) is 19.0. The van der Waals surface area contributed by atoms with E-state index in [0.717, 1.165) is 0 Å². The molecule has 0 aromatic heterocycles. The van der Waals surface area contributed by atoms with Gasteiger partial charge in [0.1, 0.15) is 36.6 Å². The fraction of sp³-hybridized carbons (Fsp3) is 0.833. The summed E-state index contributed by atoms with van der Waals surface area (Å²) >= 11 is 0. The molecule has 0 aliphatic carbocycles. The molecular formula is C12H18O13. The third kappa shape index (κ3) is 3.74. The highest BCUT2D eigenvalue weighted by Crippen LogP contribution is 2.28. The lowest BCUT2D eigenvalue weighted by Gasteiger charge is -2.44. The van der Waals surface area contributed by atoms with Crippen LogP contribution in [-0.4, -0.2) is 114 Å². The molecule has 0 bridgehead atoms. The van der Waals surface area contributed by atoms with Crippen molar-refractivity contribution in [3.8, 4) is 0 Å². The Morgan fingerprint density at radius 2 is 1.24 bits per heavy atom. The van der Waals surface area contributed by atoms with Crippen molar-refractivity contribution in [1.29, 1.82) is 0 Å². The third-order valence-electron chi connectivity index (χ3n) is 3.91. The van der Waals surface area contributed by atoms with Crippen molar-refractivity contribution in [3.63, 3.8) is 0 Å². The van der Waals surface area contributed by atoms with Gasteiger partial charge in [-0.2, -0.15) is 0 Å². The minimum atomic E-state index is -2.03. The van der Waals surface area contributed by atoms with Crippen molar-refractivity contribution in [2.24, 2.45) is 0 Å². The van der Waals surface area contributed by atoms with E-state index in [1.807, 2.05) is 0 Å². The van der Waals surface area contributed by atoms with Crippen molar-refractivity contribution < 1.29 is 64.7 Å². The van der Waals surface area contributed by atoms with E-state index in [-0.39, 0.29) is 0 Å². The van der Waals surface area contributed by atoms with Gasteiger partial charge in [-0.3, -0.25) is 0 Å². The molecule has 2 heterocycles. The minimum absolute atomic E-state index is 1.70. The molecule has 13 nitrogen and oxygen atoms in total. The van der Waals surface area contributed by atoms with E-state index in [9.17, 15) is 40.2 Å². The molecule has 8 N–H and O–H groups in total. The summed E-state index contributed by atoms with van der Waals surface area (Å²) in [5.74, 6) is -3.39. The van der Waals surface area contributed by atoms with Gasteiger partial charge in [0.2, 0.25) is 0 Å². The van der Waals surface area contributed by atoms with Gasteiger partial charge in [-0.15, -0.1) is 0 Å². The van der Waals surface area contributed by atoms with Gasteiger partial charge in [0, 0.05) is 0 Å². The Kier molecular flexibility index (Phi) is 5.93. The standard InChI is InChI=1S/C12H18O13/c13-1-2(14)7(9(18)19)25-12(5(1)17)24-6-3(15)4(16)11(22)23-8(6)10(20)21/h1-8,11-17,22H,(H,18,19)(H,20,21)/t1-,2-,3+,4-,5-,6-,7-,8-,11?,12+/m0/s1. The van der Waals surface area contributed by atoms with Crippen molar-refractivity contribution in [2.45, 2.75) is 61.4 Å². The summed E-state index contributed by atoms with van der Waals surface area (Å²) in [6.45, 7) is 0. The molecule has 2 aliphatic heterocycles. The van der Waals surface area contributed by atoms with Crippen LogP contribution in [0, 0.1) is 0 Å². The Hall–Kier alpha value is -1.42. The largest absolute Gasteiger partial charge is 0.479 e. The highest BCUT2D eigenvalue weighted by molar-refractivity contribution is 5.74. The smallest absolute Gasteiger partial charge is 0.335 e. The van der Waals surface area contributed by atoms with Gasteiger partial charge in [-0.25, -0.2) is 9.59 Å². The summed E-state index contributed by atoms with van der Waals surface area (Å²) in [7, 11) is 0. The van der Waals surface area contributed by atoms with E-state index in [1.165, 1.54) is 0 Å². The fourth-order valence-corrected chi connectivity index (χ4v) is 2.52. The highest BCUT2D eigenvalue weighted by atomic mass is 16.7. The Bertz CT molecular complexity index is 511. The minimum Gasteiger partial charge on any atom is -0.479 e. The maximum absolute atomic E-state index is 11.2. The second-order valence-electron chi connectivity index (χ2n) is 5.60. The Morgan fingerprint density at radius 1 is 0.680 bits per heavy atom. The molecular weight excluding hydrogens is 352 g/mol. The number of aliphatic hydroxyl groups is 6. The first kappa shape index (κ1) is 19.9. The first-order valence-electron chi connectivity index (χ1n) is 7.06. The van der Waals surface area contributed by atoms with Crippen LogP contribution >= 0.6 is 0 Å². The molecule has 0 aromatic carbocycles. The van der Waals surface area contributed by atoms with Gasteiger partial charge < -0.3 is 55.1 Å². The molecule has 2 saturated heterocycles. The lowest BCUT2D eigenvalue weighted by molar-refractivity contribution is -0.346.